The van der Waals surface area contributed by atoms with Crippen LogP contribution in [0, 0.1) is 5.41 Å². The molecule has 166 valence electrons. The number of nitrogens with zero attached hydrogens (tertiary/aromatic N) is 4. The number of rotatable bonds is 9. The maximum atomic E-state index is 12.7. The molecule has 2 heterocycles. The minimum absolute atomic E-state index is 0.0110. The van der Waals surface area contributed by atoms with Gasteiger partial charge in [-0.3, -0.25) is 14.7 Å². The monoisotopic (exact) mass is 407 g/mol. The number of piperazine rings is 1. The van der Waals surface area contributed by atoms with Crippen molar-refractivity contribution in [3.05, 3.63) is 0 Å². The Bertz CT molecular complexity index is 549. The number of guanidine groups is 1. The first-order chi connectivity index (χ1) is 14.1. The molecule has 1 N–H and O–H groups in total. The predicted octanol–water partition coefficient (Wildman–Crippen LogP) is 1.79. The predicted molar refractivity (Wildman–Crippen MR) is 117 cm³/mol. The number of hydrogen-bond acceptors (Lipinski definition) is 4. The molecule has 1 saturated carbocycles. The van der Waals surface area contributed by atoms with Crippen molar-refractivity contribution in [2.75, 3.05) is 65.6 Å². The van der Waals surface area contributed by atoms with E-state index in [1.807, 2.05) is 4.90 Å². The smallest absolute Gasteiger partial charge is 0.239 e. The van der Waals surface area contributed by atoms with Gasteiger partial charge in [0.15, 0.2) is 5.96 Å². The molecule has 1 amide bonds. The second kappa shape index (κ2) is 10.6. The van der Waals surface area contributed by atoms with E-state index in [1.165, 1.54) is 12.8 Å². The quantitative estimate of drug-likeness (QED) is 0.359. The van der Waals surface area contributed by atoms with Gasteiger partial charge in [-0.15, -0.1) is 0 Å². The Hall–Kier alpha value is -1.34. The van der Waals surface area contributed by atoms with Gasteiger partial charge in [0.05, 0.1) is 6.04 Å². The van der Waals surface area contributed by atoms with Crippen molar-refractivity contribution in [2.24, 2.45) is 10.4 Å². The number of likely N-dealkylation sites (tertiary alicyclic amines) is 1. The van der Waals surface area contributed by atoms with Crippen molar-refractivity contribution in [2.45, 2.75) is 58.9 Å². The number of hydrogen-bond donors (Lipinski definition) is 1. The highest BCUT2D eigenvalue weighted by Crippen LogP contribution is 2.49. The highest BCUT2D eigenvalue weighted by atomic mass is 16.5. The van der Waals surface area contributed by atoms with Gasteiger partial charge in [0.1, 0.15) is 0 Å². The number of carbonyl (C=O) groups is 1. The summed E-state index contributed by atoms with van der Waals surface area (Å²) >= 11 is 0. The highest BCUT2D eigenvalue weighted by molar-refractivity contribution is 5.82. The zero-order valence-corrected chi connectivity index (χ0v) is 18.8. The highest BCUT2D eigenvalue weighted by Gasteiger charge is 2.42. The molecular weight excluding hydrogens is 366 g/mol. The molecule has 29 heavy (non-hydrogen) atoms. The van der Waals surface area contributed by atoms with Gasteiger partial charge < -0.3 is 19.9 Å². The molecule has 0 aromatic carbocycles. The Labute approximate surface area is 176 Å². The van der Waals surface area contributed by atoms with Crippen molar-refractivity contribution in [1.82, 2.24) is 20.0 Å². The Morgan fingerprint density at radius 1 is 1.07 bits per heavy atom. The molecule has 0 aromatic heterocycles. The zero-order valence-electron chi connectivity index (χ0n) is 18.8. The molecule has 1 aliphatic carbocycles. The van der Waals surface area contributed by atoms with Crippen LogP contribution in [0.1, 0.15) is 52.9 Å². The number of aliphatic imine (C=N–C) groups is 1. The van der Waals surface area contributed by atoms with Crippen LogP contribution in [0.2, 0.25) is 0 Å². The summed E-state index contributed by atoms with van der Waals surface area (Å²) in [6, 6.07) is -0.0110. The third kappa shape index (κ3) is 6.07. The molecule has 0 radical (unpaired) electrons. The van der Waals surface area contributed by atoms with Crippen molar-refractivity contribution >= 4 is 11.9 Å². The molecule has 3 fully saturated rings. The number of amides is 1. The molecule has 0 bridgehead atoms. The van der Waals surface area contributed by atoms with E-state index in [0.717, 1.165) is 90.8 Å². The van der Waals surface area contributed by atoms with Crippen molar-refractivity contribution in [1.29, 1.82) is 0 Å². The Morgan fingerprint density at radius 3 is 2.34 bits per heavy atom. The average Bonchev–Trinajstić information content (AvgIpc) is 3.29. The van der Waals surface area contributed by atoms with E-state index in [4.69, 9.17) is 9.73 Å². The summed E-state index contributed by atoms with van der Waals surface area (Å²) in [5, 5.41) is 3.48. The van der Waals surface area contributed by atoms with Gasteiger partial charge in [0.2, 0.25) is 5.91 Å². The summed E-state index contributed by atoms with van der Waals surface area (Å²) in [6.45, 7) is 15.2. The van der Waals surface area contributed by atoms with E-state index < -0.39 is 0 Å². The van der Waals surface area contributed by atoms with Gasteiger partial charge in [-0.1, -0.05) is 0 Å². The fourth-order valence-electron chi connectivity index (χ4n) is 4.44. The lowest BCUT2D eigenvalue weighted by atomic mass is 10.0. The third-order valence-electron chi connectivity index (χ3n) is 6.77. The van der Waals surface area contributed by atoms with Crippen molar-refractivity contribution in [3.63, 3.8) is 0 Å². The summed E-state index contributed by atoms with van der Waals surface area (Å²) in [5.41, 5.74) is 0.369. The van der Waals surface area contributed by atoms with Crippen LogP contribution in [-0.2, 0) is 9.53 Å². The first-order valence-electron chi connectivity index (χ1n) is 11.7. The van der Waals surface area contributed by atoms with Crippen LogP contribution in [0.15, 0.2) is 4.99 Å². The van der Waals surface area contributed by atoms with Gasteiger partial charge in [-0.25, -0.2) is 0 Å². The molecule has 3 rings (SSSR count). The third-order valence-corrected chi connectivity index (χ3v) is 6.77. The first kappa shape index (κ1) is 22.3. The van der Waals surface area contributed by atoms with E-state index in [2.05, 4.69) is 35.9 Å². The fraction of sp³-hybridized carbons (Fsp3) is 0.909. The van der Waals surface area contributed by atoms with E-state index >= 15 is 0 Å². The Kier molecular flexibility index (Phi) is 8.18. The van der Waals surface area contributed by atoms with Crippen LogP contribution < -0.4 is 5.32 Å². The lowest BCUT2D eigenvalue weighted by Crippen LogP contribution is -2.57. The molecule has 2 aliphatic heterocycles. The van der Waals surface area contributed by atoms with E-state index in [1.54, 1.807) is 0 Å². The standard InChI is InChI=1S/C22H41N5O2/c1-4-23-21(24-18-22(8-9-22)10-17-29-5-2)27-15-13-25(14-16-27)19(3)20(28)26-11-6-7-12-26/h19H,4-18H2,1-3H3,(H,23,24). The molecule has 1 unspecified atom stereocenters. The largest absolute Gasteiger partial charge is 0.382 e. The Balaban J connectivity index is 1.49. The van der Waals surface area contributed by atoms with Crippen LogP contribution in [-0.4, -0.2) is 98.2 Å². The number of ether oxygens (including phenoxy) is 1. The van der Waals surface area contributed by atoms with Crippen LogP contribution in [0.4, 0.5) is 0 Å². The SMILES string of the molecule is CCNC(=NCC1(CCOCC)CC1)N1CCN(C(C)C(=O)N2CCCC2)CC1. The summed E-state index contributed by atoms with van der Waals surface area (Å²) in [7, 11) is 0. The molecule has 0 spiro atoms. The van der Waals surface area contributed by atoms with Crippen LogP contribution >= 0.6 is 0 Å². The minimum Gasteiger partial charge on any atom is -0.382 e. The maximum Gasteiger partial charge on any atom is 0.239 e. The number of carbonyl (C=O) groups excluding carboxylic acids is 1. The summed E-state index contributed by atoms with van der Waals surface area (Å²) in [5.74, 6) is 1.34. The van der Waals surface area contributed by atoms with Crippen LogP contribution in [0.25, 0.3) is 0 Å². The van der Waals surface area contributed by atoms with E-state index in [9.17, 15) is 4.79 Å². The molecular formula is C22H41N5O2. The second-order valence-electron chi connectivity index (χ2n) is 8.85. The normalized spacial score (nSPS) is 23.3. The molecule has 7 heteroatoms. The minimum atomic E-state index is -0.0110. The summed E-state index contributed by atoms with van der Waals surface area (Å²) in [6.07, 6.45) is 5.97. The molecule has 0 aromatic rings. The average molecular weight is 408 g/mol. The topological polar surface area (TPSA) is 60.4 Å². The lowest BCUT2D eigenvalue weighted by Gasteiger charge is -2.39. The maximum absolute atomic E-state index is 12.7. The van der Waals surface area contributed by atoms with E-state index in [-0.39, 0.29) is 6.04 Å². The van der Waals surface area contributed by atoms with Gasteiger partial charge in [-0.05, 0) is 58.3 Å². The van der Waals surface area contributed by atoms with Gasteiger partial charge in [0.25, 0.3) is 0 Å². The zero-order chi connectivity index (χ0) is 20.7. The second-order valence-corrected chi connectivity index (χ2v) is 8.85. The van der Waals surface area contributed by atoms with E-state index in [0.29, 0.717) is 11.3 Å². The van der Waals surface area contributed by atoms with Crippen LogP contribution in [0.3, 0.4) is 0 Å². The molecule has 3 aliphatic rings. The molecule has 2 saturated heterocycles. The first-order valence-corrected chi connectivity index (χ1v) is 11.7. The van der Waals surface area contributed by atoms with Crippen LogP contribution in [0.5, 0.6) is 0 Å². The Morgan fingerprint density at radius 2 is 1.76 bits per heavy atom. The fourth-order valence-corrected chi connectivity index (χ4v) is 4.44. The lowest BCUT2D eigenvalue weighted by molar-refractivity contribution is -0.135. The van der Waals surface area contributed by atoms with Gasteiger partial charge >= 0.3 is 0 Å². The van der Waals surface area contributed by atoms with Crippen molar-refractivity contribution < 1.29 is 9.53 Å². The molecule has 7 nitrogen and oxygen atoms in total. The summed E-state index contributed by atoms with van der Waals surface area (Å²) in [4.78, 5) is 24.5. The van der Waals surface area contributed by atoms with Gasteiger partial charge in [0, 0.05) is 65.6 Å². The molecule has 1 atom stereocenters. The van der Waals surface area contributed by atoms with Gasteiger partial charge in [-0.2, -0.15) is 0 Å². The number of nitrogens with one attached hydrogen (secondary N) is 1. The summed E-state index contributed by atoms with van der Waals surface area (Å²) < 4.78 is 5.56. The van der Waals surface area contributed by atoms with Crippen molar-refractivity contribution in [3.8, 4) is 0 Å².